The molecule has 0 fully saturated rings. The second-order valence-corrected chi connectivity index (χ2v) is 3.16. The van der Waals surface area contributed by atoms with Crippen molar-refractivity contribution in [1.82, 2.24) is 0 Å². The van der Waals surface area contributed by atoms with Crippen molar-refractivity contribution >= 4 is 28.2 Å². The minimum absolute atomic E-state index is 0. The molecule has 0 aliphatic carbocycles. The van der Waals surface area contributed by atoms with Crippen LogP contribution in [0.25, 0.3) is 0 Å². The van der Waals surface area contributed by atoms with E-state index in [0.29, 0.717) is 5.56 Å². The molecule has 1 radical (unpaired) electrons. The van der Waals surface area contributed by atoms with Crippen LogP contribution in [0.15, 0.2) is 29.4 Å². The molecule has 0 bridgehead atoms. The first-order chi connectivity index (χ1) is 7.26. The van der Waals surface area contributed by atoms with E-state index in [9.17, 15) is 0 Å². The largest absolute Gasteiger partial charge is 0.507 e. The Hall–Kier alpha value is -0.692. The summed E-state index contributed by atoms with van der Waals surface area (Å²) in [5.74, 6) is 0.111. The maximum absolute atomic E-state index is 9.04. The molecule has 1 aromatic rings. The van der Waals surface area contributed by atoms with Crippen LogP contribution in [0, 0.1) is 0 Å². The van der Waals surface area contributed by atoms with Crippen molar-refractivity contribution in [3.05, 3.63) is 29.8 Å². The fourth-order valence-corrected chi connectivity index (χ4v) is 1.01. The van der Waals surface area contributed by atoms with E-state index < -0.39 is 0 Å². The Balaban J connectivity index is 0. The van der Waals surface area contributed by atoms with Crippen molar-refractivity contribution in [1.29, 1.82) is 0 Å². The molecule has 87 valence electrons. The van der Waals surface area contributed by atoms with E-state index in [-0.39, 0.29) is 25.2 Å². The molecule has 0 saturated heterocycles. The molecular weight excluding hydrogens is 289 g/mol. The second-order valence-electron chi connectivity index (χ2n) is 3.16. The van der Waals surface area contributed by atoms with Gasteiger partial charge < -0.3 is 10.3 Å². The zero-order valence-electron chi connectivity index (χ0n) is 9.68. The third-order valence-electron chi connectivity index (χ3n) is 1.84. The zero-order valence-corrected chi connectivity index (χ0v) is 11.3. The van der Waals surface area contributed by atoms with E-state index >= 15 is 0 Å². The van der Waals surface area contributed by atoms with Crippen LogP contribution in [0.2, 0.25) is 6.32 Å². The summed E-state index contributed by atoms with van der Waals surface area (Å²) in [6.07, 6.45) is 2.52. The smallest absolute Gasteiger partial charge is 0.124 e. The predicted molar refractivity (Wildman–Crippen MR) is 70.8 cm³/mol. The molecule has 7 heteroatoms. The van der Waals surface area contributed by atoms with E-state index in [4.69, 9.17) is 10.3 Å². The van der Waals surface area contributed by atoms with Crippen LogP contribution in [-0.2, 0) is 19.5 Å². The number of rotatable bonds is 3. The summed E-state index contributed by atoms with van der Waals surface area (Å²) in [6.45, 7) is 2.21. The molecule has 0 unspecified atom stereocenters. The summed E-state index contributed by atoms with van der Waals surface area (Å²) in [5, 5.41) is 19.9. The molecule has 0 aliphatic rings. The van der Waals surface area contributed by atoms with Gasteiger partial charge in [0.1, 0.15) is 5.75 Å². The van der Waals surface area contributed by atoms with Crippen LogP contribution < -0.4 is 0 Å². The number of phenolic OH excluding ortho intramolecular Hbond substituents is 1. The van der Waals surface area contributed by atoms with E-state index in [2.05, 4.69) is 19.8 Å². The van der Waals surface area contributed by atoms with Crippen molar-refractivity contribution in [3.8, 4) is 5.75 Å². The molecule has 16 heavy (non-hydrogen) atoms. The van der Waals surface area contributed by atoms with Gasteiger partial charge in [-0.25, -0.2) is 0 Å². The fourth-order valence-electron chi connectivity index (χ4n) is 1.01. The van der Waals surface area contributed by atoms with Gasteiger partial charge in [0, 0.05) is 25.0 Å². The maximum atomic E-state index is 9.04. The molecular formula is C9H16B3NO2Rh. The van der Waals surface area contributed by atoms with Crippen LogP contribution in [0.4, 0.5) is 0 Å². The average molecular weight is 306 g/mol. The van der Waals surface area contributed by atoms with Crippen molar-refractivity contribution in [2.75, 3.05) is 0 Å². The topological polar surface area (TPSA) is 52.8 Å². The Morgan fingerprint density at radius 3 is 2.44 bits per heavy atom. The average Bonchev–Trinajstić information content (AvgIpc) is 2.24. The van der Waals surface area contributed by atoms with Gasteiger partial charge in [-0.15, -0.1) is 0 Å². The van der Waals surface area contributed by atoms with Gasteiger partial charge in [-0.2, -0.15) is 0 Å². The molecule has 1 rings (SSSR count). The number of hydrogen-bond acceptors (Lipinski definition) is 3. The van der Waals surface area contributed by atoms with Gasteiger partial charge in [0.2, 0.25) is 0 Å². The van der Waals surface area contributed by atoms with E-state index in [1.165, 1.54) is 32.8 Å². The molecule has 1 aromatic carbocycles. The Kier molecular flexibility index (Phi) is 13.7. The summed E-state index contributed by atoms with van der Waals surface area (Å²) in [7, 11) is 4.94. The van der Waals surface area contributed by atoms with E-state index in [1.807, 2.05) is 0 Å². The summed E-state index contributed by atoms with van der Waals surface area (Å²) in [5.41, 5.74) is 0.505. The first kappa shape index (κ1) is 17.7. The van der Waals surface area contributed by atoms with Gasteiger partial charge in [-0.05, 0) is 12.1 Å². The summed E-state index contributed by atoms with van der Waals surface area (Å²) < 4.78 is 0. The number of nitrogens with zero attached hydrogens (tertiary/aromatic N) is 1. The molecule has 0 spiro atoms. The second kappa shape index (κ2) is 12.4. The zero-order chi connectivity index (χ0) is 11.5. The van der Waals surface area contributed by atoms with Crippen molar-refractivity contribution in [2.24, 2.45) is 5.16 Å². The van der Waals surface area contributed by atoms with Gasteiger partial charge in [0.15, 0.2) is 0 Å². The molecule has 0 heterocycles. The Bertz CT molecular complexity index is 298. The van der Waals surface area contributed by atoms with Gasteiger partial charge in [-0.3, -0.25) is 0 Å². The normalized spacial score (nSPS) is 8.56. The van der Waals surface area contributed by atoms with Gasteiger partial charge >= 0.3 is 0 Å². The standard InChI is InChI=1S/C7H7NO2.C2H9B3.Rh/c9-7-4-2-1-3-6(7)5-8-10;1-2-4-5-3;/h1-5,9-10H;4-5H,2-3H2,1H3;. The third kappa shape index (κ3) is 8.60. The SMILES string of the molecule is BBBCC.ON=Cc1ccccc1O.[Rh]. The first-order valence-electron chi connectivity index (χ1n) is 5.21. The number of para-hydroxylation sites is 1. The summed E-state index contributed by atoms with van der Waals surface area (Å²) in [4.78, 5) is 0. The fraction of sp³-hybridized carbons (Fsp3) is 0.222. The van der Waals surface area contributed by atoms with E-state index in [0.717, 1.165) is 0 Å². The van der Waals surface area contributed by atoms with Crippen LogP contribution in [0.5, 0.6) is 5.75 Å². The van der Waals surface area contributed by atoms with Crippen molar-refractivity contribution in [3.63, 3.8) is 0 Å². The van der Waals surface area contributed by atoms with Gasteiger partial charge in [0.25, 0.3) is 0 Å². The van der Waals surface area contributed by atoms with Crippen LogP contribution in [-0.4, -0.2) is 38.5 Å². The molecule has 2 N–H and O–H groups in total. The molecule has 0 saturated carbocycles. The quantitative estimate of drug-likeness (QED) is 0.356. The van der Waals surface area contributed by atoms with Crippen LogP contribution in [0.1, 0.15) is 12.5 Å². The minimum atomic E-state index is 0. The number of benzene rings is 1. The van der Waals surface area contributed by atoms with Gasteiger partial charge in [-0.1, -0.05) is 30.5 Å². The van der Waals surface area contributed by atoms with Crippen LogP contribution in [0.3, 0.4) is 0 Å². The molecule has 0 aromatic heterocycles. The minimum Gasteiger partial charge on any atom is -0.507 e. The number of hydrogen-bond donors (Lipinski definition) is 2. The van der Waals surface area contributed by atoms with Gasteiger partial charge in [0.05, 0.1) is 28.2 Å². The number of aromatic hydroxyl groups is 1. The Morgan fingerprint density at radius 1 is 1.44 bits per heavy atom. The molecule has 0 aliphatic heterocycles. The van der Waals surface area contributed by atoms with Crippen LogP contribution >= 0.6 is 0 Å². The Labute approximate surface area is 112 Å². The first-order valence-corrected chi connectivity index (χ1v) is 5.21. The predicted octanol–water partition coefficient (Wildman–Crippen LogP) is -0.0415. The number of oxime groups is 1. The van der Waals surface area contributed by atoms with Crippen molar-refractivity contribution in [2.45, 2.75) is 13.2 Å². The summed E-state index contributed by atoms with van der Waals surface area (Å²) >= 11 is 0. The summed E-state index contributed by atoms with van der Waals surface area (Å²) in [6, 6.07) is 6.62. The number of phenols is 1. The Morgan fingerprint density at radius 2 is 2.06 bits per heavy atom. The van der Waals surface area contributed by atoms with E-state index in [1.54, 1.807) is 18.2 Å². The molecule has 0 amide bonds. The monoisotopic (exact) mass is 306 g/mol. The third-order valence-corrected chi connectivity index (χ3v) is 1.84. The maximum Gasteiger partial charge on any atom is 0.124 e. The molecule has 3 nitrogen and oxygen atoms in total. The molecule has 0 atom stereocenters. The van der Waals surface area contributed by atoms with Crippen molar-refractivity contribution < 1.29 is 29.8 Å².